The van der Waals surface area contributed by atoms with Crippen molar-refractivity contribution < 1.29 is 42.3 Å². The van der Waals surface area contributed by atoms with Gasteiger partial charge in [0, 0.05) is 19.5 Å². The summed E-state index contributed by atoms with van der Waals surface area (Å²) in [5, 5.41) is 10.2. The SMILES string of the molecule is Cc1ncc(C[n+]2c(CO)sc(CCOP(=O)([O-])OP(=O)([O-])O)c2C)c(N)n1. The van der Waals surface area contributed by atoms with Crippen molar-refractivity contribution >= 4 is 32.8 Å². The maximum absolute atomic E-state index is 11.3. The van der Waals surface area contributed by atoms with E-state index in [4.69, 9.17) is 10.6 Å². The van der Waals surface area contributed by atoms with Gasteiger partial charge in [-0.3, -0.25) is 9.13 Å². The molecule has 2 atom stereocenters. The first kappa shape index (κ1) is 23.0. The van der Waals surface area contributed by atoms with Crippen LogP contribution in [0.15, 0.2) is 6.20 Å². The molecule has 0 spiro atoms. The zero-order chi connectivity index (χ0) is 21.1. The molecule has 0 radical (unpaired) electrons. The van der Waals surface area contributed by atoms with Crippen LogP contribution in [0.4, 0.5) is 5.82 Å². The van der Waals surface area contributed by atoms with Crippen molar-refractivity contribution in [2.45, 2.75) is 33.4 Å². The number of nitrogens with two attached hydrogens (primary N) is 1. The summed E-state index contributed by atoms with van der Waals surface area (Å²) in [7, 11) is -10.7. The number of aliphatic hydroxyl groups excluding tert-OH is 1. The molecule has 2 unspecified atom stereocenters. The molecule has 0 aliphatic heterocycles. The number of nitrogens with zero attached hydrogens (tertiary/aromatic N) is 3. The number of phosphoric ester groups is 1. The molecule has 2 aromatic heterocycles. The molecule has 4 N–H and O–H groups in total. The molecule has 0 aliphatic carbocycles. The van der Waals surface area contributed by atoms with Crippen LogP contribution in [0.25, 0.3) is 0 Å². The number of thiazole rings is 1. The monoisotopic (exact) mass is 453 g/mol. The Morgan fingerprint density at radius 1 is 1.36 bits per heavy atom. The van der Waals surface area contributed by atoms with Gasteiger partial charge in [0.2, 0.25) is 0 Å². The molecule has 28 heavy (non-hydrogen) atoms. The predicted molar refractivity (Wildman–Crippen MR) is 93.6 cm³/mol. The van der Waals surface area contributed by atoms with E-state index in [0.29, 0.717) is 33.6 Å². The molecule has 0 amide bonds. The highest BCUT2D eigenvalue weighted by atomic mass is 32.1. The molecule has 0 aliphatic rings. The third-order valence-electron chi connectivity index (χ3n) is 3.61. The molecule has 15 heteroatoms. The summed E-state index contributed by atoms with van der Waals surface area (Å²) >= 11 is 1.23. The van der Waals surface area contributed by atoms with Gasteiger partial charge in [0.1, 0.15) is 18.2 Å². The van der Waals surface area contributed by atoms with E-state index in [9.17, 15) is 24.0 Å². The van der Waals surface area contributed by atoms with Crippen LogP contribution in [0.3, 0.4) is 0 Å². The number of anilines is 1. The molecule has 0 fully saturated rings. The normalized spacial score (nSPS) is 15.9. The molecular formula is C13H19N4O8P2S-. The van der Waals surface area contributed by atoms with Crippen LogP contribution in [0.2, 0.25) is 0 Å². The number of aromatic nitrogens is 3. The predicted octanol–water partition coefficient (Wildman–Crippen LogP) is -0.930. The van der Waals surface area contributed by atoms with E-state index in [1.807, 2.05) is 0 Å². The Kier molecular flexibility index (Phi) is 7.43. The average molecular weight is 453 g/mol. The topological polar surface area (TPSA) is 195 Å². The molecule has 0 aromatic carbocycles. The highest BCUT2D eigenvalue weighted by Gasteiger charge is 2.25. The first-order chi connectivity index (χ1) is 12.9. The highest BCUT2D eigenvalue weighted by molar-refractivity contribution is 7.59. The fraction of sp³-hybridized carbons (Fsp3) is 0.462. The summed E-state index contributed by atoms with van der Waals surface area (Å²) in [5.74, 6) is 0.845. The standard InChI is InChI=1S/C13H20N4O8P2S/c1-8-11(3-4-24-27(22,23)25-26(19,20)21)28-12(7-18)17(8)6-10-5-15-9(2)16-13(10)14/h5,18H,3-4,6-7H2,1-2H3,(H4-,14,15,16,19,20,21,22,23)/p-1. The summed E-state index contributed by atoms with van der Waals surface area (Å²) in [4.78, 5) is 39.2. The van der Waals surface area contributed by atoms with Gasteiger partial charge in [-0.15, -0.1) is 0 Å². The number of aryl methyl sites for hydroxylation is 1. The zero-order valence-electron chi connectivity index (χ0n) is 15.0. The van der Waals surface area contributed by atoms with E-state index in [1.54, 1.807) is 24.6 Å². The minimum absolute atomic E-state index is 0.0978. The van der Waals surface area contributed by atoms with Crippen LogP contribution in [-0.2, 0) is 37.5 Å². The Morgan fingerprint density at radius 2 is 2.04 bits per heavy atom. The minimum atomic E-state index is -5.47. The Labute approximate surface area is 164 Å². The lowest BCUT2D eigenvalue weighted by molar-refractivity contribution is -0.698. The van der Waals surface area contributed by atoms with Gasteiger partial charge >= 0.3 is 0 Å². The van der Waals surface area contributed by atoms with Gasteiger partial charge in [-0.25, -0.2) is 14.3 Å². The van der Waals surface area contributed by atoms with Crippen molar-refractivity contribution in [2.24, 2.45) is 0 Å². The molecule has 12 nitrogen and oxygen atoms in total. The summed E-state index contributed by atoms with van der Waals surface area (Å²) < 4.78 is 31.6. The Hall–Kier alpha value is -1.27. The molecule has 0 saturated heterocycles. The lowest BCUT2D eigenvalue weighted by Crippen LogP contribution is -2.40. The Morgan fingerprint density at radius 3 is 2.61 bits per heavy atom. The molecule has 0 saturated carbocycles. The lowest BCUT2D eigenvalue weighted by atomic mass is 10.2. The van der Waals surface area contributed by atoms with E-state index < -0.39 is 22.3 Å². The maximum atomic E-state index is 11.3. The van der Waals surface area contributed by atoms with Crippen molar-refractivity contribution in [1.29, 1.82) is 0 Å². The van der Waals surface area contributed by atoms with Gasteiger partial charge in [-0.1, -0.05) is 11.3 Å². The van der Waals surface area contributed by atoms with Crippen LogP contribution in [-0.4, -0.2) is 26.6 Å². The number of hydrogen-bond donors (Lipinski definition) is 3. The van der Waals surface area contributed by atoms with Gasteiger partial charge in [0.25, 0.3) is 20.7 Å². The Balaban J connectivity index is 2.13. The van der Waals surface area contributed by atoms with Crippen molar-refractivity contribution in [2.75, 3.05) is 12.3 Å². The van der Waals surface area contributed by atoms with E-state index in [-0.39, 0.29) is 13.0 Å². The molecule has 156 valence electrons. The van der Waals surface area contributed by atoms with Crippen molar-refractivity contribution in [3.63, 3.8) is 0 Å². The van der Waals surface area contributed by atoms with E-state index >= 15 is 0 Å². The average Bonchev–Trinajstić information content (AvgIpc) is 2.83. The first-order valence-corrected chi connectivity index (χ1v) is 11.6. The number of nitrogen functional groups attached to an aromatic ring is 1. The van der Waals surface area contributed by atoms with Crippen molar-refractivity contribution in [3.8, 4) is 0 Å². The smallest absolute Gasteiger partial charge is 0.274 e. The molecule has 0 bridgehead atoms. The molecule has 2 aromatic rings. The third kappa shape index (κ3) is 6.38. The van der Waals surface area contributed by atoms with Gasteiger partial charge < -0.3 is 30.0 Å². The summed E-state index contributed by atoms with van der Waals surface area (Å²) in [6.07, 6.45) is 1.69. The minimum Gasteiger partial charge on any atom is -0.756 e. The number of hydrogen-bond acceptors (Lipinski definition) is 11. The second-order valence-electron chi connectivity index (χ2n) is 5.66. The van der Waals surface area contributed by atoms with Gasteiger partial charge in [-0.05, 0) is 6.92 Å². The number of aliphatic hydroxyl groups is 1. The highest BCUT2D eigenvalue weighted by Crippen LogP contribution is 2.52. The zero-order valence-corrected chi connectivity index (χ0v) is 17.6. The number of rotatable bonds is 9. The largest absolute Gasteiger partial charge is 0.756 e. The van der Waals surface area contributed by atoms with Gasteiger partial charge in [0.15, 0.2) is 12.2 Å². The third-order valence-corrected chi connectivity index (χ3v) is 7.07. The van der Waals surface area contributed by atoms with Crippen LogP contribution in [0, 0.1) is 13.8 Å². The van der Waals surface area contributed by atoms with E-state index in [1.165, 1.54) is 11.3 Å². The lowest BCUT2D eigenvalue weighted by Gasteiger charge is -2.26. The summed E-state index contributed by atoms with van der Waals surface area (Å²) in [5.41, 5.74) is 7.29. The fourth-order valence-electron chi connectivity index (χ4n) is 2.37. The summed E-state index contributed by atoms with van der Waals surface area (Å²) in [6, 6.07) is 0. The Bertz CT molecular complexity index is 947. The quantitative estimate of drug-likeness (QED) is 0.313. The van der Waals surface area contributed by atoms with E-state index in [0.717, 1.165) is 5.69 Å². The molecule has 2 rings (SSSR count). The van der Waals surface area contributed by atoms with Gasteiger partial charge in [-0.2, -0.15) is 4.57 Å². The van der Waals surface area contributed by atoms with Crippen LogP contribution < -0.4 is 20.1 Å². The molecular weight excluding hydrogens is 434 g/mol. The summed E-state index contributed by atoms with van der Waals surface area (Å²) in [6.45, 7) is 3.11. The van der Waals surface area contributed by atoms with Gasteiger partial charge in [0.05, 0.1) is 17.0 Å². The fourth-order valence-corrected chi connectivity index (χ4v) is 4.99. The van der Waals surface area contributed by atoms with E-state index in [2.05, 4.69) is 18.8 Å². The van der Waals surface area contributed by atoms with Crippen LogP contribution >= 0.6 is 27.0 Å². The number of phosphoric acid groups is 2. The second kappa shape index (κ2) is 9.04. The van der Waals surface area contributed by atoms with Crippen molar-refractivity contribution in [1.82, 2.24) is 9.97 Å². The van der Waals surface area contributed by atoms with Crippen LogP contribution in [0.1, 0.15) is 27.0 Å². The second-order valence-corrected chi connectivity index (χ2v) is 9.57. The van der Waals surface area contributed by atoms with Crippen LogP contribution in [0.5, 0.6) is 0 Å². The molecule has 2 heterocycles. The van der Waals surface area contributed by atoms with Crippen molar-refractivity contribution in [3.05, 3.63) is 33.2 Å². The maximum Gasteiger partial charge on any atom is 0.274 e. The first-order valence-electron chi connectivity index (χ1n) is 7.82.